The second kappa shape index (κ2) is 7.12. The van der Waals surface area contributed by atoms with Crippen molar-refractivity contribution in [2.24, 2.45) is 0 Å². The molecule has 3 nitrogen and oxygen atoms in total. The van der Waals surface area contributed by atoms with Crippen LogP contribution in [0.2, 0.25) is 0 Å². The van der Waals surface area contributed by atoms with Gasteiger partial charge in [0, 0.05) is 5.69 Å². The second-order valence-electron chi connectivity index (χ2n) is 5.62. The number of aryl methyl sites for hydroxylation is 3. The Hall–Kier alpha value is -2.29. The summed E-state index contributed by atoms with van der Waals surface area (Å²) in [5, 5.41) is 2.88. The molecule has 2 aromatic rings. The minimum absolute atomic E-state index is 0.150. The average Bonchev–Trinajstić information content (AvgIpc) is 2.46. The van der Waals surface area contributed by atoms with E-state index < -0.39 is 6.10 Å². The standard InChI is InChI=1S/C19H23NO2/c1-5-16-6-8-17(9-7-16)20-19(21)15(4)22-18-11-13(2)10-14(3)12-18/h6-12,15H,5H2,1-4H3,(H,20,21)/t15-/m0/s1. The van der Waals surface area contributed by atoms with Crippen LogP contribution in [-0.2, 0) is 11.2 Å². The van der Waals surface area contributed by atoms with E-state index in [4.69, 9.17) is 4.74 Å². The van der Waals surface area contributed by atoms with E-state index in [1.165, 1.54) is 5.56 Å². The number of rotatable bonds is 5. The van der Waals surface area contributed by atoms with E-state index >= 15 is 0 Å². The lowest BCUT2D eigenvalue weighted by Gasteiger charge is -2.16. The summed E-state index contributed by atoms with van der Waals surface area (Å²) in [4.78, 5) is 12.2. The molecule has 0 heterocycles. The molecule has 22 heavy (non-hydrogen) atoms. The largest absolute Gasteiger partial charge is 0.481 e. The van der Waals surface area contributed by atoms with Crippen LogP contribution in [-0.4, -0.2) is 12.0 Å². The van der Waals surface area contributed by atoms with E-state index in [9.17, 15) is 4.79 Å². The first kappa shape index (κ1) is 16.1. The van der Waals surface area contributed by atoms with Gasteiger partial charge in [-0.15, -0.1) is 0 Å². The molecule has 0 unspecified atom stereocenters. The molecule has 0 saturated heterocycles. The van der Waals surface area contributed by atoms with Crippen LogP contribution in [0.1, 0.15) is 30.5 Å². The van der Waals surface area contributed by atoms with E-state index in [-0.39, 0.29) is 5.91 Å². The molecule has 0 aliphatic rings. The van der Waals surface area contributed by atoms with Gasteiger partial charge in [0.2, 0.25) is 0 Å². The zero-order chi connectivity index (χ0) is 16.1. The predicted octanol–water partition coefficient (Wildman–Crippen LogP) is 4.27. The molecule has 1 amide bonds. The molecule has 0 radical (unpaired) electrons. The number of benzene rings is 2. The Morgan fingerprint density at radius 1 is 1.09 bits per heavy atom. The average molecular weight is 297 g/mol. The Labute approximate surface area is 132 Å². The van der Waals surface area contributed by atoms with Crippen LogP contribution in [0.15, 0.2) is 42.5 Å². The van der Waals surface area contributed by atoms with E-state index in [0.717, 1.165) is 29.0 Å². The lowest BCUT2D eigenvalue weighted by Crippen LogP contribution is -2.30. The lowest BCUT2D eigenvalue weighted by molar-refractivity contribution is -0.122. The van der Waals surface area contributed by atoms with Gasteiger partial charge < -0.3 is 10.1 Å². The van der Waals surface area contributed by atoms with Crippen LogP contribution >= 0.6 is 0 Å². The minimum atomic E-state index is -0.549. The minimum Gasteiger partial charge on any atom is -0.481 e. The Bertz CT molecular complexity index is 627. The maximum absolute atomic E-state index is 12.2. The zero-order valence-electron chi connectivity index (χ0n) is 13.6. The molecular formula is C19H23NO2. The normalized spacial score (nSPS) is 11.8. The van der Waals surface area contributed by atoms with Gasteiger partial charge in [-0.2, -0.15) is 0 Å². The van der Waals surface area contributed by atoms with Gasteiger partial charge in [0.15, 0.2) is 6.10 Å². The second-order valence-corrected chi connectivity index (χ2v) is 5.62. The summed E-state index contributed by atoms with van der Waals surface area (Å²) >= 11 is 0. The number of hydrogen-bond donors (Lipinski definition) is 1. The van der Waals surface area contributed by atoms with Crippen LogP contribution < -0.4 is 10.1 Å². The van der Waals surface area contributed by atoms with E-state index in [2.05, 4.69) is 18.3 Å². The van der Waals surface area contributed by atoms with Crippen molar-refractivity contribution in [3.05, 3.63) is 59.2 Å². The molecule has 0 spiro atoms. The maximum atomic E-state index is 12.2. The van der Waals surface area contributed by atoms with Crippen molar-refractivity contribution in [1.82, 2.24) is 0 Å². The maximum Gasteiger partial charge on any atom is 0.265 e. The van der Waals surface area contributed by atoms with Crippen molar-refractivity contribution in [3.63, 3.8) is 0 Å². The molecule has 3 heteroatoms. The molecule has 1 N–H and O–H groups in total. The quantitative estimate of drug-likeness (QED) is 0.895. The highest BCUT2D eigenvalue weighted by atomic mass is 16.5. The highest BCUT2D eigenvalue weighted by Crippen LogP contribution is 2.18. The Kier molecular flexibility index (Phi) is 5.21. The van der Waals surface area contributed by atoms with Gasteiger partial charge in [-0.1, -0.05) is 25.1 Å². The van der Waals surface area contributed by atoms with Crippen molar-refractivity contribution < 1.29 is 9.53 Å². The molecule has 2 aromatic carbocycles. The van der Waals surface area contributed by atoms with Crippen LogP contribution in [0.5, 0.6) is 5.75 Å². The van der Waals surface area contributed by atoms with Crippen molar-refractivity contribution in [3.8, 4) is 5.75 Å². The van der Waals surface area contributed by atoms with Crippen molar-refractivity contribution >= 4 is 11.6 Å². The number of anilines is 1. The van der Waals surface area contributed by atoms with Gasteiger partial charge in [-0.05, 0) is 68.1 Å². The summed E-state index contributed by atoms with van der Waals surface area (Å²) in [7, 11) is 0. The molecule has 2 rings (SSSR count). The summed E-state index contributed by atoms with van der Waals surface area (Å²) in [5.41, 5.74) is 4.28. The highest BCUT2D eigenvalue weighted by molar-refractivity contribution is 5.94. The topological polar surface area (TPSA) is 38.3 Å². The number of ether oxygens (including phenoxy) is 1. The summed E-state index contributed by atoms with van der Waals surface area (Å²) in [5.74, 6) is 0.574. The van der Waals surface area contributed by atoms with Gasteiger partial charge in [0.25, 0.3) is 5.91 Å². The predicted molar refractivity (Wildman–Crippen MR) is 90.5 cm³/mol. The van der Waals surface area contributed by atoms with E-state index in [1.54, 1.807) is 6.92 Å². The van der Waals surface area contributed by atoms with Gasteiger partial charge in [0.05, 0.1) is 0 Å². The first-order valence-electron chi connectivity index (χ1n) is 7.62. The third-order valence-electron chi connectivity index (χ3n) is 3.51. The summed E-state index contributed by atoms with van der Waals surface area (Å²) < 4.78 is 5.74. The third kappa shape index (κ3) is 4.35. The fourth-order valence-corrected chi connectivity index (χ4v) is 2.33. The van der Waals surface area contributed by atoms with Crippen LogP contribution in [0, 0.1) is 13.8 Å². The monoisotopic (exact) mass is 297 g/mol. The van der Waals surface area contributed by atoms with Gasteiger partial charge in [0.1, 0.15) is 5.75 Å². The molecule has 1 atom stereocenters. The third-order valence-corrected chi connectivity index (χ3v) is 3.51. The molecule has 0 bridgehead atoms. The first-order valence-corrected chi connectivity index (χ1v) is 7.62. The van der Waals surface area contributed by atoms with Crippen molar-refractivity contribution in [2.45, 2.75) is 40.2 Å². The number of nitrogens with one attached hydrogen (secondary N) is 1. The lowest BCUT2D eigenvalue weighted by atomic mass is 10.1. The molecule has 0 aliphatic heterocycles. The first-order chi connectivity index (χ1) is 10.5. The van der Waals surface area contributed by atoms with Gasteiger partial charge >= 0.3 is 0 Å². The van der Waals surface area contributed by atoms with E-state index in [1.807, 2.05) is 50.2 Å². The van der Waals surface area contributed by atoms with Crippen LogP contribution in [0.3, 0.4) is 0 Å². The number of hydrogen-bond acceptors (Lipinski definition) is 2. The molecule has 0 aliphatic carbocycles. The van der Waals surface area contributed by atoms with Crippen molar-refractivity contribution in [1.29, 1.82) is 0 Å². The number of carbonyl (C=O) groups is 1. The molecule has 0 aromatic heterocycles. The molecule has 0 saturated carbocycles. The molecule has 0 fully saturated rings. The fourth-order valence-electron chi connectivity index (χ4n) is 2.33. The molecular weight excluding hydrogens is 274 g/mol. The van der Waals surface area contributed by atoms with E-state index in [0.29, 0.717) is 0 Å². The Morgan fingerprint density at radius 2 is 1.68 bits per heavy atom. The fraction of sp³-hybridized carbons (Fsp3) is 0.316. The van der Waals surface area contributed by atoms with Gasteiger partial charge in [-0.3, -0.25) is 4.79 Å². The summed E-state index contributed by atoms with van der Waals surface area (Å²) in [6.07, 6.45) is 0.438. The van der Waals surface area contributed by atoms with Gasteiger partial charge in [-0.25, -0.2) is 0 Å². The Morgan fingerprint density at radius 3 is 2.23 bits per heavy atom. The highest BCUT2D eigenvalue weighted by Gasteiger charge is 2.15. The van der Waals surface area contributed by atoms with Crippen LogP contribution in [0.4, 0.5) is 5.69 Å². The number of amides is 1. The smallest absolute Gasteiger partial charge is 0.265 e. The SMILES string of the molecule is CCc1ccc(NC(=O)[C@H](C)Oc2cc(C)cc(C)c2)cc1. The Balaban J connectivity index is 1.99. The summed E-state index contributed by atoms with van der Waals surface area (Å²) in [6.45, 7) is 7.89. The number of carbonyl (C=O) groups excluding carboxylic acids is 1. The van der Waals surface area contributed by atoms with Crippen LogP contribution in [0.25, 0.3) is 0 Å². The molecule has 116 valence electrons. The van der Waals surface area contributed by atoms with Crippen molar-refractivity contribution in [2.75, 3.05) is 5.32 Å². The zero-order valence-corrected chi connectivity index (χ0v) is 13.6. The summed E-state index contributed by atoms with van der Waals surface area (Å²) in [6, 6.07) is 13.8.